The first kappa shape index (κ1) is 12.1. The number of ether oxygens (including phenoxy) is 2. The van der Waals surface area contributed by atoms with Gasteiger partial charge in [-0.25, -0.2) is 0 Å². The van der Waals surface area contributed by atoms with Gasteiger partial charge < -0.3 is 14.8 Å². The third-order valence-corrected chi connectivity index (χ3v) is 3.14. The molecule has 0 aliphatic carbocycles. The number of nitrogens with one attached hydrogen (secondary N) is 1. The van der Waals surface area contributed by atoms with Crippen LogP contribution in [0, 0.1) is 0 Å². The summed E-state index contributed by atoms with van der Waals surface area (Å²) >= 11 is 0. The van der Waals surface area contributed by atoms with Crippen LogP contribution in [0.15, 0.2) is 48.5 Å². The molecule has 0 saturated heterocycles. The van der Waals surface area contributed by atoms with E-state index in [0.717, 1.165) is 35.7 Å². The molecular weight excluding hydrogens is 238 g/mol. The molecule has 0 fully saturated rings. The van der Waals surface area contributed by atoms with E-state index < -0.39 is 0 Å². The minimum absolute atomic E-state index is 0.564. The van der Waals surface area contributed by atoms with Crippen LogP contribution in [-0.2, 0) is 13.2 Å². The highest BCUT2D eigenvalue weighted by molar-refractivity contribution is 5.47. The molecule has 2 aromatic rings. The summed E-state index contributed by atoms with van der Waals surface area (Å²) in [6, 6.07) is 16.2. The van der Waals surface area contributed by atoms with Crippen LogP contribution in [0.25, 0.3) is 0 Å². The monoisotopic (exact) mass is 255 g/mol. The van der Waals surface area contributed by atoms with E-state index in [-0.39, 0.29) is 0 Å². The summed E-state index contributed by atoms with van der Waals surface area (Å²) < 4.78 is 11.7. The lowest BCUT2D eigenvalue weighted by molar-refractivity contribution is 0.266. The molecule has 19 heavy (non-hydrogen) atoms. The van der Waals surface area contributed by atoms with Gasteiger partial charge in [-0.15, -0.1) is 0 Å². The van der Waals surface area contributed by atoms with Crippen LogP contribution in [0.1, 0.15) is 11.1 Å². The van der Waals surface area contributed by atoms with Gasteiger partial charge in [0.05, 0.1) is 0 Å². The Morgan fingerprint density at radius 3 is 2.84 bits per heavy atom. The number of hydrogen-bond acceptors (Lipinski definition) is 3. The Kier molecular flexibility index (Phi) is 3.65. The summed E-state index contributed by atoms with van der Waals surface area (Å²) in [6.07, 6.45) is 0. The van der Waals surface area contributed by atoms with E-state index in [2.05, 4.69) is 23.5 Å². The molecule has 1 aliphatic rings. The van der Waals surface area contributed by atoms with Gasteiger partial charge in [-0.2, -0.15) is 0 Å². The van der Waals surface area contributed by atoms with Crippen LogP contribution in [-0.4, -0.2) is 13.2 Å². The lowest BCUT2D eigenvalue weighted by Crippen LogP contribution is -2.16. The summed E-state index contributed by atoms with van der Waals surface area (Å²) in [6.45, 7) is 2.94. The van der Waals surface area contributed by atoms with E-state index in [4.69, 9.17) is 9.47 Å². The van der Waals surface area contributed by atoms with E-state index >= 15 is 0 Å². The average Bonchev–Trinajstić information content (AvgIpc) is 2.72. The third-order valence-electron chi connectivity index (χ3n) is 3.14. The Labute approximate surface area is 113 Å². The Balaban J connectivity index is 1.78. The molecule has 3 rings (SSSR count). The zero-order valence-electron chi connectivity index (χ0n) is 10.8. The Hall–Kier alpha value is -2.00. The molecule has 0 unspecified atom stereocenters. The number of hydrogen-bond donors (Lipinski definition) is 1. The number of benzene rings is 2. The fourth-order valence-electron chi connectivity index (χ4n) is 2.16. The lowest BCUT2D eigenvalue weighted by atomic mass is 10.2. The predicted octanol–water partition coefficient (Wildman–Crippen LogP) is 2.75. The molecule has 98 valence electrons. The molecule has 0 aromatic heterocycles. The van der Waals surface area contributed by atoms with Crippen molar-refractivity contribution >= 4 is 0 Å². The molecule has 0 atom stereocenters. The Bertz CT molecular complexity index is 540. The molecule has 1 aliphatic heterocycles. The Morgan fingerprint density at radius 1 is 1.05 bits per heavy atom. The quantitative estimate of drug-likeness (QED) is 0.914. The largest absolute Gasteiger partial charge is 0.488 e. The van der Waals surface area contributed by atoms with Gasteiger partial charge in [-0.05, 0) is 11.6 Å². The minimum Gasteiger partial charge on any atom is -0.488 e. The van der Waals surface area contributed by atoms with Gasteiger partial charge in [0, 0.05) is 18.7 Å². The second-order valence-electron chi connectivity index (χ2n) is 4.54. The average molecular weight is 255 g/mol. The number of para-hydroxylation sites is 1. The van der Waals surface area contributed by atoms with Crippen molar-refractivity contribution in [1.82, 2.24) is 5.32 Å². The van der Waals surface area contributed by atoms with Gasteiger partial charge in [0.25, 0.3) is 0 Å². The normalized spacial score (nSPS) is 14.1. The summed E-state index contributed by atoms with van der Waals surface area (Å²) in [5.74, 6) is 1.70. The maximum atomic E-state index is 5.89. The van der Waals surface area contributed by atoms with E-state index in [1.165, 1.54) is 0 Å². The van der Waals surface area contributed by atoms with Gasteiger partial charge in [-0.3, -0.25) is 0 Å². The Morgan fingerprint density at radius 2 is 1.95 bits per heavy atom. The molecule has 0 saturated carbocycles. The lowest BCUT2D eigenvalue weighted by Gasteiger charge is -2.13. The maximum Gasteiger partial charge on any atom is 0.165 e. The fourth-order valence-corrected chi connectivity index (χ4v) is 2.16. The van der Waals surface area contributed by atoms with Crippen molar-refractivity contribution in [2.45, 2.75) is 13.2 Å². The first-order valence-electron chi connectivity index (χ1n) is 6.55. The SMILES string of the molecule is c1ccc(COc2cccc3c2OCCNC3)cc1. The molecule has 3 heteroatoms. The van der Waals surface area contributed by atoms with Crippen LogP contribution in [0.4, 0.5) is 0 Å². The molecular formula is C16H17NO2. The van der Waals surface area contributed by atoms with Crippen molar-refractivity contribution in [1.29, 1.82) is 0 Å². The van der Waals surface area contributed by atoms with Crippen molar-refractivity contribution < 1.29 is 9.47 Å². The van der Waals surface area contributed by atoms with Crippen molar-refractivity contribution in [3.63, 3.8) is 0 Å². The maximum absolute atomic E-state index is 5.89. The first-order valence-corrected chi connectivity index (χ1v) is 6.55. The summed E-state index contributed by atoms with van der Waals surface area (Å²) in [7, 11) is 0. The number of rotatable bonds is 3. The van der Waals surface area contributed by atoms with Gasteiger partial charge in [-0.1, -0.05) is 42.5 Å². The molecule has 2 aromatic carbocycles. The summed E-state index contributed by atoms with van der Waals surface area (Å²) in [4.78, 5) is 0. The second-order valence-corrected chi connectivity index (χ2v) is 4.54. The van der Waals surface area contributed by atoms with Crippen LogP contribution < -0.4 is 14.8 Å². The zero-order valence-corrected chi connectivity index (χ0v) is 10.8. The van der Waals surface area contributed by atoms with Gasteiger partial charge >= 0.3 is 0 Å². The standard InChI is InChI=1S/C16H17NO2/c1-2-5-13(6-3-1)12-19-15-8-4-7-14-11-17-9-10-18-16(14)15/h1-8,17H,9-12H2. The van der Waals surface area contributed by atoms with E-state index in [1.807, 2.05) is 30.3 Å². The minimum atomic E-state index is 0.564. The molecule has 3 nitrogen and oxygen atoms in total. The van der Waals surface area contributed by atoms with Crippen molar-refractivity contribution in [2.24, 2.45) is 0 Å². The van der Waals surface area contributed by atoms with Crippen LogP contribution in [0.3, 0.4) is 0 Å². The topological polar surface area (TPSA) is 30.5 Å². The third kappa shape index (κ3) is 2.88. The van der Waals surface area contributed by atoms with E-state index in [0.29, 0.717) is 13.2 Å². The van der Waals surface area contributed by atoms with Crippen LogP contribution in [0.2, 0.25) is 0 Å². The van der Waals surface area contributed by atoms with E-state index in [9.17, 15) is 0 Å². The van der Waals surface area contributed by atoms with Crippen molar-refractivity contribution in [2.75, 3.05) is 13.2 Å². The van der Waals surface area contributed by atoms with Crippen LogP contribution >= 0.6 is 0 Å². The molecule has 0 radical (unpaired) electrons. The van der Waals surface area contributed by atoms with Gasteiger partial charge in [0.15, 0.2) is 11.5 Å². The van der Waals surface area contributed by atoms with Crippen LogP contribution in [0.5, 0.6) is 11.5 Å². The van der Waals surface area contributed by atoms with Gasteiger partial charge in [0.1, 0.15) is 13.2 Å². The van der Waals surface area contributed by atoms with E-state index in [1.54, 1.807) is 0 Å². The molecule has 0 spiro atoms. The molecule has 1 N–H and O–H groups in total. The summed E-state index contributed by atoms with van der Waals surface area (Å²) in [5, 5.41) is 3.32. The molecule has 0 amide bonds. The second kappa shape index (κ2) is 5.76. The smallest absolute Gasteiger partial charge is 0.165 e. The zero-order chi connectivity index (χ0) is 12.9. The number of fused-ring (bicyclic) bond motifs is 1. The molecule has 1 heterocycles. The first-order chi connectivity index (χ1) is 9.43. The highest BCUT2D eigenvalue weighted by atomic mass is 16.5. The highest BCUT2D eigenvalue weighted by Crippen LogP contribution is 2.32. The predicted molar refractivity (Wildman–Crippen MR) is 74.4 cm³/mol. The van der Waals surface area contributed by atoms with Gasteiger partial charge in [0.2, 0.25) is 0 Å². The van der Waals surface area contributed by atoms with Crippen molar-refractivity contribution in [3.05, 3.63) is 59.7 Å². The molecule has 0 bridgehead atoms. The highest BCUT2D eigenvalue weighted by Gasteiger charge is 2.13. The summed E-state index contributed by atoms with van der Waals surface area (Å²) in [5.41, 5.74) is 2.31. The van der Waals surface area contributed by atoms with Crippen molar-refractivity contribution in [3.8, 4) is 11.5 Å². The fraction of sp³-hybridized carbons (Fsp3) is 0.250.